The van der Waals surface area contributed by atoms with Crippen molar-refractivity contribution < 1.29 is 24.3 Å². The summed E-state index contributed by atoms with van der Waals surface area (Å²) in [5, 5.41) is 16.3. The lowest BCUT2D eigenvalue weighted by molar-refractivity contribution is -0.145. The average molecular weight is 562 g/mol. The van der Waals surface area contributed by atoms with Gasteiger partial charge >= 0.3 is 5.97 Å². The zero-order valence-electron chi connectivity index (χ0n) is 23.5. The van der Waals surface area contributed by atoms with Gasteiger partial charge < -0.3 is 31.4 Å². The third-order valence-electron chi connectivity index (χ3n) is 7.51. The fourth-order valence-electron chi connectivity index (χ4n) is 5.42. The van der Waals surface area contributed by atoms with E-state index in [1.807, 2.05) is 68.4 Å². The van der Waals surface area contributed by atoms with Gasteiger partial charge in [0, 0.05) is 30.1 Å². The van der Waals surface area contributed by atoms with Crippen LogP contribution in [0.5, 0.6) is 0 Å². The number of nitrogens with one attached hydrogen (secondary N) is 3. The van der Waals surface area contributed by atoms with E-state index in [4.69, 9.17) is 5.73 Å². The molecule has 3 aromatic rings. The molecule has 0 bridgehead atoms. The number of carbonyl (C=O) groups excluding carboxylic acids is 3. The molecule has 4 rings (SSSR count). The molecule has 4 unspecified atom stereocenters. The summed E-state index contributed by atoms with van der Waals surface area (Å²) in [4.78, 5) is 56.8. The molecule has 1 aliphatic rings. The number of aromatic nitrogens is 1. The lowest BCUT2D eigenvalue weighted by Crippen LogP contribution is -2.57. The van der Waals surface area contributed by atoms with Gasteiger partial charge in [0.25, 0.3) is 0 Å². The Balaban J connectivity index is 1.43. The number of H-pyrrole nitrogens is 1. The molecule has 0 aliphatic carbocycles. The number of para-hydroxylation sites is 1. The van der Waals surface area contributed by atoms with E-state index < -0.39 is 42.0 Å². The second-order valence-electron chi connectivity index (χ2n) is 11.1. The Bertz CT molecular complexity index is 1370. The number of likely N-dealkylation sites (tertiary alicyclic amines) is 1. The Hall–Kier alpha value is -4.18. The first-order valence-electron chi connectivity index (χ1n) is 14.1. The molecule has 1 saturated heterocycles. The van der Waals surface area contributed by atoms with Gasteiger partial charge in [-0.25, -0.2) is 4.79 Å². The van der Waals surface area contributed by atoms with Crippen LogP contribution in [0.4, 0.5) is 0 Å². The van der Waals surface area contributed by atoms with Crippen molar-refractivity contribution in [2.75, 3.05) is 6.54 Å². The van der Waals surface area contributed by atoms with Crippen LogP contribution in [0.15, 0.2) is 60.8 Å². The zero-order chi connectivity index (χ0) is 29.5. The summed E-state index contributed by atoms with van der Waals surface area (Å²) in [5.74, 6) is -2.37. The normalized spacial score (nSPS) is 17.3. The molecule has 0 spiro atoms. The van der Waals surface area contributed by atoms with Gasteiger partial charge in [-0.1, -0.05) is 62.4 Å². The first-order valence-corrected chi connectivity index (χ1v) is 14.1. The van der Waals surface area contributed by atoms with Crippen molar-refractivity contribution in [2.45, 2.75) is 70.1 Å². The van der Waals surface area contributed by atoms with Crippen LogP contribution in [0, 0.1) is 5.92 Å². The molecule has 2 aromatic carbocycles. The smallest absolute Gasteiger partial charge is 0.326 e. The van der Waals surface area contributed by atoms with E-state index in [0.29, 0.717) is 32.2 Å². The monoisotopic (exact) mass is 561 g/mol. The highest BCUT2D eigenvalue weighted by atomic mass is 16.4. The number of nitrogens with two attached hydrogens (primary N) is 1. The summed E-state index contributed by atoms with van der Waals surface area (Å²) < 4.78 is 0. The predicted molar refractivity (Wildman–Crippen MR) is 156 cm³/mol. The van der Waals surface area contributed by atoms with E-state index in [-0.39, 0.29) is 18.2 Å². The molecule has 0 saturated carbocycles. The van der Waals surface area contributed by atoms with Crippen molar-refractivity contribution in [1.29, 1.82) is 0 Å². The summed E-state index contributed by atoms with van der Waals surface area (Å²) in [6.45, 7) is 4.25. The fraction of sp³-hybridized carbons (Fsp3) is 0.419. The van der Waals surface area contributed by atoms with Gasteiger partial charge in [0.2, 0.25) is 17.7 Å². The van der Waals surface area contributed by atoms with Crippen LogP contribution in [-0.4, -0.2) is 69.4 Å². The third-order valence-corrected chi connectivity index (χ3v) is 7.51. The maximum Gasteiger partial charge on any atom is 0.326 e. The van der Waals surface area contributed by atoms with E-state index in [2.05, 4.69) is 15.6 Å². The number of hydrogen-bond donors (Lipinski definition) is 5. The first-order chi connectivity index (χ1) is 19.6. The molecular weight excluding hydrogens is 522 g/mol. The maximum atomic E-state index is 13.7. The number of aliphatic carboxylic acids is 1. The van der Waals surface area contributed by atoms with Gasteiger partial charge in [0.05, 0.1) is 6.04 Å². The highest BCUT2D eigenvalue weighted by Crippen LogP contribution is 2.22. The molecule has 6 N–H and O–H groups in total. The number of carboxylic acid groups (broad SMARTS) is 1. The Morgan fingerprint density at radius 3 is 2.41 bits per heavy atom. The van der Waals surface area contributed by atoms with E-state index >= 15 is 0 Å². The highest BCUT2D eigenvalue weighted by Gasteiger charge is 2.39. The Morgan fingerprint density at radius 1 is 1.00 bits per heavy atom. The molecule has 1 fully saturated rings. The van der Waals surface area contributed by atoms with Crippen LogP contribution in [0.25, 0.3) is 10.9 Å². The van der Waals surface area contributed by atoms with Gasteiger partial charge in [0.15, 0.2) is 0 Å². The van der Waals surface area contributed by atoms with E-state index in [1.165, 1.54) is 4.90 Å². The summed E-state index contributed by atoms with van der Waals surface area (Å²) in [6, 6.07) is 13.3. The quantitative estimate of drug-likeness (QED) is 0.228. The van der Waals surface area contributed by atoms with Crippen molar-refractivity contribution in [1.82, 2.24) is 20.5 Å². The number of benzene rings is 2. The van der Waals surface area contributed by atoms with E-state index in [9.17, 15) is 24.3 Å². The van der Waals surface area contributed by atoms with Crippen molar-refractivity contribution in [3.8, 4) is 0 Å². The van der Waals surface area contributed by atoms with Gasteiger partial charge in [-0.15, -0.1) is 0 Å². The largest absolute Gasteiger partial charge is 0.480 e. The second kappa shape index (κ2) is 13.5. The van der Waals surface area contributed by atoms with Crippen LogP contribution in [-0.2, 0) is 32.0 Å². The maximum absolute atomic E-state index is 13.7. The van der Waals surface area contributed by atoms with Crippen LogP contribution < -0.4 is 16.4 Å². The average Bonchev–Trinajstić information content (AvgIpc) is 3.60. The zero-order valence-corrected chi connectivity index (χ0v) is 23.5. The number of carbonyl (C=O) groups is 4. The summed E-state index contributed by atoms with van der Waals surface area (Å²) in [7, 11) is 0. The SMILES string of the molecule is CC(C)CC(NC(=O)C(N)Cc1ccccc1)C(=O)N1CCCC1C(=O)NC(Cc1c[nH]c2ccccc12)C(=O)O. The van der Waals surface area contributed by atoms with Crippen LogP contribution in [0.3, 0.4) is 0 Å². The van der Waals surface area contributed by atoms with Crippen LogP contribution in [0.1, 0.15) is 44.2 Å². The molecule has 10 nitrogen and oxygen atoms in total. The minimum absolute atomic E-state index is 0.0943. The molecular formula is C31H39N5O5. The molecule has 41 heavy (non-hydrogen) atoms. The minimum atomic E-state index is -1.17. The summed E-state index contributed by atoms with van der Waals surface area (Å²) in [5.41, 5.74) is 8.75. The number of rotatable bonds is 12. The van der Waals surface area contributed by atoms with Gasteiger partial charge in [-0.3, -0.25) is 14.4 Å². The summed E-state index contributed by atoms with van der Waals surface area (Å²) >= 11 is 0. The number of amides is 3. The number of hydrogen-bond acceptors (Lipinski definition) is 5. The molecule has 1 aliphatic heterocycles. The number of fused-ring (bicyclic) bond motifs is 1. The second-order valence-corrected chi connectivity index (χ2v) is 11.1. The molecule has 2 heterocycles. The number of aromatic amines is 1. The van der Waals surface area contributed by atoms with E-state index in [1.54, 1.807) is 6.20 Å². The molecule has 0 radical (unpaired) electrons. The third kappa shape index (κ3) is 7.52. The molecule has 4 atom stereocenters. The van der Waals surface area contributed by atoms with Gasteiger partial charge in [0.1, 0.15) is 18.1 Å². The van der Waals surface area contributed by atoms with Crippen LogP contribution >= 0.6 is 0 Å². The minimum Gasteiger partial charge on any atom is -0.480 e. The standard InChI is InChI=1S/C31H39N5O5/c1-19(2)15-25(34-28(37)23(32)16-20-9-4-3-5-10-20)30(39)36-14-8-13-27(36)29(38)35-26(31(40)41)17-21-18-33-24-12-7-6-11-22(21)24/h3-7,9-12,18-19,23,25-27,33H,8,13-17,32H2,1-2H3,(H,34,37)(H,35,38)(H,40,41). The Morgan fingerprint density at radius 2 is 1.71 bits per heavy atom. The van der Waals surface area contributed by atoms with Crippen LogP contribution in [0.2, 0.25) is 0 Å². The number of carboxylic acids is 1. The predicted octanol–water partition coefficient (Wildman–Crippen LogP) is 2.37. The summed E-state index contributed by atoms with van der Waals surface area (Å²) in [6.07, 6.45) is 3.56. The van der Waals surface area contributed by atoms with Gasteiger partial charge in [-0.2, -0.15) is 0 Å². The fourth-order valence-corrected chi connectivity index (χ4v) is 5.42. The Labute approximate surface area is 239 Å². The first kappa shape index (κ1) is 29.8. The molecule has 10 heteroatoms. The van der Waals surface area contributed by atoms with E-state index in [0.717, 1.165) is 22.0 Å². The number of nitrogens with zero attached hydrogens (tertiary/aromatic N) is 1. The van der Waals surface area contributed by atoms with Crippen molar-refractivity contribution in [3.05, 3.63) is 71.9 Å². The molecule has 1 aromatic heterocycles. The van der Waals surface area contributed by atoms with Crippen molar-refractivity contribution in [2.24, 2.45) is 11.7 Å². The highest BCUT2D eigenvalue weighted by molar-refractivity contribution is 5.95. The lowest BCUT2D eigenvalue weighted by Gasteiger charge is -2.30. The van der Waals surface area contributed by atoms with Gasteiger partial charge in [-0.05, 0) is 48.8 Å². The molecule has 218 valence electrons. The lowest BCUT2D eigenvalue weighted by atomic mass is 10.0. The van der Waals surface area contributed by atoms with Crippen molar-refractivity contribution >= 4 is 34.6 Å². The Kier molecular flexibility index (Phi) is 9.78. The van der Waals surface area contributed by atoms with Crippen molar-refractivity contribution in [3.63, 3.8) is 0 Å². The molecule has 3 amide bonds. The topological polar surface area (TPSA) is 158 Å².